The van der Waals surface area contributed by atoms with E-state index in [1.807, 2.05) is 31.2 Å². The van der Waals surface area contributed by atoms with E-state index in [1.54, 1.807) is 31.3 Å². The molecule has 1 amide bonds. The van der Waals surface area contributed by atoms with Crippen molar-refractivity contribution in [3.63, 3.8) is 0 Å². The van der Waals surface area contributed by atoms with E-state index in [4.69, 9.17) is 18.7 Å². The zero-order valence-electron chi connectivity index (χ0n) is 15.8. The fourth-order valence-electron chi connectivity index (χ4n) is 3.12. The molecule has 144 valence electrons. The number of hydrogen-bond donors (Lipinski definition) is 0. The summed E-state index contributed by atoms with van der Waals surface area (Å²) in [7, 11) is 3.14. The van der Waals surface area contributed by atoms with Crippen molar-refractivity contribution in [2.45, 2.75) is 6.92 Å². The monoisotopic (exact) mass is 381 g/mol. The lowest BCUT2D eigenvalue weighted by atomic mass is 10.1. The molecule has 1 aliphatic heterocycles. The molecule has 3 aromatic rings. The fraction of sp³-hybridized carbons (Fsp3) is 0.250. The molecule has 0 aliphatic carbocycles. The summed E-state index contributed by atoms with van der Waals surface area (Å²) >= 11 is 0. The number of methoxy groups -OCH3 is 2. The van der Waals surface area contributed by atoms with Crippen LogP contribution in [0.25, 0.3) is 22.8 Å². The molecule has 0 saturated heterocycles. The number of carbonyl (C=O) groups is 1. The highest BCUT2D eigenvalue weighted by atomic mass is 16.5. The summed E-state index contributed by atoms with van der Waals surface area (Å²) < 4.78 is 21.5. The summed E-state index contributed by atoms with van der Waals surface area (Å²) in [5, 5.41) is 4.08. The summed E-state index contributed by atoms with van der Waals surface area (Å²) in [4.78, 5) is 18.2. The van der Waals surface area contributed by atoms with E-state index in [2.05, 4.69) is 10.1 Å². The van der Waals surface area contributed by atoms with E-state index in [9.17, 15) is 4.79 Å². The van der Waals surface area contributed by atoms with Gasteiger partial charge in [0.25, 0.3) is 11.8 Å². The van der Waals surface area contributed by atoms with Crippen LogP contribution in [0.5, 0.6) is 17.2 Å². The van der Waals surface area contributed by atoms with Gasteiger partial charge in [-0.2, -0.15) is 4.98 Å². The maximum absolute atomic E-state index is 12.1. The van der Waals surface area contributed by atoms with Crippen molar-refractivity contribution in [1.29, 1.82) is 0 Å². The molecule has 0 N–H and O–H groups in total. The molecular weight excluding hydrogens is 362 g/mol. The predicted molar refractivity (Wildman–Crippen MR) is 102 cm³/mol. The van der Waals surface area contributed by atoms with Crippen LogP contribution in [-0.2, 0) is 4.79 Å². The molecule has 0 fully saturated rings. The second-order valence-electron chi connectivity index (χ2n) is 6.10. The first-order valence-corrected chi connectivity index (χ1v) is 8.78. The van der Waals surface area contributed by atoms with Crippen LogP contribution < -0.4 is 19.1 Å². The average Bonchev–Trinajstić information content (AvgIpc) is 3.23. The first kappa shape index (κ1) is 17.8. The molecule has 8 heteroatoms. The zero-order valence-corrected chi connectivity index (χ0v) is 15.8. The second-order valence-corrected chi connectivity index (χ2v) is 6.10. The molecule has 2 aromatic carbocycles. The van der Waals surface area contributed by atoms with Gasteiger partial charge in [-0.05, 0) is 43.3 Å². The highest BCUT2D eigenvalue weighted by molar-refractivity contribution is 5.98. The van der Waals surface area contributed by atoms with Gasteiger partial charge in [0, 0.05) is 17.7 Å². The average molecular weight is 381 g/mol. The maximum atomic E-state index is 12.1. The number of benzene rings is 2. The third-order valence-electron chi connectivity index (χ3n) is 4.53. The van der Waals surface area contributed by atoms with Crippen molar-refractivity contribution >= 4 is 11.6 Å². The molecule has 1 aliphatic rings. The van der Waals surface area contributed by atoms with Gasteiger partial charge >= 0.3 is 0 Å². The minimum Gasteiger partial charge on any atom is -0.493 e. The number of anilines is 1. The molecule has 0 spiro atoms. The van der Waals surface area contributed by atoms with Crippen LogP contribution in [0.3, 0.4) is 0 Å². The van der Waals surface area contributed by atoms with Crippen molar-refractivity contribution in [3.05, 3.63) is 36.4 Å². The quantitative estimate of drug-likeness (QED) is 0.671. The summed E-state index contributed by atoms with van der Waals surface area (Å²) in [6.07, 6.45) is 0. The number of rotatable bonds is 5. The van der Waals surface area contributed by atoms with Crippen LogP contribution >= 0.6 is 0 Å². The molecule has 2 heterocycles. The number of aromatic nitrogens is 2. The van der Waals surface area contributed by atoms with Gasteiger partial charge in [-0.25, -0.2) is 0 Å². The van der Waals surface area contributed by atoms with E-state index in [0.29, 0.717) is 46.8 Å². The number of nitrogens with zero attached hydrogens (tertiary/aromatic N) is 3. The Kier molecular flexibility index (Phi) is 4.60. The Hall–Kier alpha value is -3.55. The van der Waals surface area contributed by atoms with Gasteiger partial charge in [-0.3, -0.25) is 4.79 Å². The lowest BCUT2D eigenvalue weighted by molar-refractivity contribution is -0.121. The molecule has 28 heavy (non-hydrogen) atoms. The Morgan fingerprint density at radius 3 is 2.61 bits per heavy atom. The van der Waals surface area contributed by atoms with Gasteiger partial charge in [0.1, 0.15) is 5.75 Å². The SMILES string of the molecule is CCN1C(=O)COc2ccc(-c3noc(-c4ccc(OC)c(OC)c4)n3)cc21. The van der Waals surface area contributed by atoms with Crippen molar-refractivity contribution in [1.82, 2.24) is 10.1 Å². The summed E-state index contributed by atoms with van der Waals surface area (Å²) in [5.41, 5.74) is 2.14. The number of amides is 1. The third kappa shape index (κ3) is 3.02. The van der Waals surface area contributed by atoms with E-state index < -0.39 is 0 Å². The molecule has 1 aromatic heterocycles. The number of likely N-dealkylation sites (N-methyl/N-ethyl adjacent to an activating group) is 1. The second kappa shape index (κ2) is 7.22. The minimum absolute atomic E-state index is 0.0475. The molecule has 0 atom stereocenters. The molecular formula is C20H19N3O5. The van der Waals surface area contributed by atoms with Crippen LogP contribution in [0.15, 0.2) is 40.9 Å². The normalized spacial score (nSPS) is 13.1. The van der Waals surface area contributed by atoms with Gasteiger partial charge in [0.2, 0.25) is 5.82 Å². The summed E-state index contributed by atoms with van der Waals surface area (Å²) in [5.74, 6) is 2.54. The predicted octanol–water partition coefficient (Wildman–Crippen LogP) is 3.17. The van der Waals surface area contributed by atoms with E-state index in [-0.39, 0.29) is 12.5 Å². The van der Waals surface area contributed by atoms with Crippen LogP contribution in [0.4, 0.5) is 5.69 Å². The molecule has 0 radical (unpaired) electrons. The van der Waals surface area contributed by atoms with Gasteiger partial charge in [0.15, 0.2) is 18.1 Å². The van der Waals surface area contributed by atoms with Gasteiger partial charge < -0.3 is 23.6 Å². The number of ether oxygens (including phenoxy) is 3. The number of hydrogen-bond acceptors (Lipinski definition) is 7. The van der Waals surface area contributed by atoms with Crippen LogP contribution in [-0.4, -0.2) is 43.4 Å². The Bertz CT molecular complexity index is 1030. The zero-order chi connectivity index (χ0) is 19.7. The van der Waals surface area contributed by atoms with Crippen LogP contribution in [0.1, 0.15) is 6.92 Å². The van der Waals surface area contributed by atoms with Crippen LogP contribution in [0.2, 0.25) is 0 Å². The Morgan fingerprint density at radius 2 is 1.86 bits per heavy atom. The summed E-state index contributed by atoms with van der Waals surface area (Å²) in [6.45, 7) is 2.52. The molecule has 4 rings (SSSR count). The highest BCUT2D eigenvalue weighted by Gasteiger charge is 2.25. The van der Waals surface area contributed by atoms with E-state index in [0.717, 1.165) is 5.56 Å². The van der Waals surface area contributed by atoms with Crippen molar-refractivity contribution in [2.24, 2.45) is 0 Å². The lowest BCUT2D eigenvalue weighted by Crippen LogP contribution is -2.38. The Morgan fingerprint density at radius 1 is 1.07 bits per heavy atom. The Balaban J connectivity index is 1.69. The van der Waals surface area contributed by atoms with Crippen molar-refractivity contribution in [3.8, 4) is 40.1 Å². The highest BCUT2D eigenvalue weighted by Crippen LogP contribution is 2.36. The molecule has 0 bridgehead atoms. The smallest absolute Gasteiger partial charge is 0.265 e. The van der Waals surface area contributed by atoms with E-state index in [1.165, 1.54) is 0 Å². The van der Waals surface area contributed by atoms with Crippen molar-refractivity contribution < 1.29 is 23.5 Å². The molecule has 8 nitrogen and oxygen atoms in total. The van der Waals surface area contributed by atoms with E-state index >= 15 is 0 Å². The standard InChI is InChI=1S/C20H19N3O5/c1-4-23-14-9-12(5-7-15(14)27-11-18(23)24)19-21-20(28-22-19)13-6-8-16(25-2)17(10-13)26-3/h5-10H,4,11H2,1-3H3. The number of carbonyl (C=O) groups excluding carboxylic acids is 1. The first-order valence-electron chi connectivity index (χ1n) is 8.78. The lowest BCUT2D eigenvalue weighted by Gasteiger charge is -2.28. The topological polar surface area (TPSA) is 86.9 Å². The van der Waals surface area contributed by atoms with Gasteiger partial charge in [-0.1, -0.05) is 5.16 Å². The maximum Gasteiger partial charge on any atom is 0.265 e. The molecule has 0 unspecified atom stereocenters. The van der Waals surface area contributed by atoms with Crippen molar-refractivity contribution in [2.75, 3.05) is 32.3 Å². The molecule has 0 saturated carbocycles. The largest absolute Gasteiger partial charge is 0.493 e. The minimum atomic E-state index is -0.0775. The number of fused-ring (bicyclic) bond motifs is 1. The van der Waals surface area contributed by atoms with Gasteiger partial charge in [0.05, 0.1) is 19.9 Å². The Labute approximate surface area is 161 Å². The van der Waals surface area contributed by atoms with Gasteiger partial charge in [-0.15, -0.1) is 0 Å². The summed E-state index contributed by atoms with van der Waals surface area (Å²) in [6, 6.07) is 10.8. The fourth-order valence-corrected chi connectivity index (χ4v) is 3.12. The third-order valence-corrected chi connectivity index (χ3v) is 4.53. The van der Waals surface area contributed by atoms with Crippen LogP contribution in [0, 0.1) is 0 Å². The first-order chi connectivity index (χ1) is 13.6.